The van der Waals surface area contributed by atoms with E-state index in [1.165, 1.54) is 12.1 Å². The Morgan fingerprint density at radius 3 is 2.29 bits per heavy atom. The average Bonchev–Trinajstić information content (AvgIpc) is 2.85. The number of hydrogen-bond donors (Lipinski definition) is 0. The quantitative estimate of drug-likeness (QED) is 0.798. The van der Waals surface area contributed by atoms with Crippen LogP contribution < -0.4 is 0 Å². The van der Waals surface area contributed by atoms with E-state index < -0.39 is 21.6 Å². The highest BCUT2D eigenvalue weighted by Crippen LogP contribution is 2.41. The topological polar surface area (TPSA) is 60.4 Å². The summed E-state index contributed by atoms with van der Waals surface area (Å²) in [6.07, 6.45) is 0.0214. The van der Waals surface area contributed by atoms with Crippen LogP contribution in [0, 0.1) is 6.92 Å². The molecule has 0 saturated heterocycles. The Balaban J connectivity index is 1.94. The van der Waals surface area contributed by atoms with Crippen LogP contribution in [0.5, 0.6) is 0 Å². The molecule has 4 nitrogen and oxygen atoms in total. The zero-order valence-electron chi connectivity index (χ0n) is 13.7. The predicted octanol–water partition coefficient (Wildman–Crippen LogP) is 3.39. The highest BCUT2D eigenvalue weighted by molar-refractivity contribution is 7.86. The van der Waals surface area contributed by atoms with E-state index in [2.05, 4.69) is 0 Å². The third-order valence-corrected chi connectivity index (χ3v) is 6.12. The van der Waals surface area contributed by atoms with Crippen LogP contribution in [0.3, 0.4) is 0 Å². The number of aryl methyl sites for hydroxylation is 1. The third kappa shape index (κ3) is 2.89. The van der Waals surface area contributed by atoms with E-state index in [0.29, 0.717) is 12.8 Å². The third-order valence-electron chi connectivity index (χ3n) is 4.78. The van der Waals surface area contributed by atoms with Crippen LogP contribution in [-0.4, -0.2) is 20.3 Å². The highest BCUT2D eigenvalue weighted by atomic mass is 32.2. The summed E-state index contributed by atoms with van der Waals surface area (Å²) in [5.74, 6) is 0.0119. The van der Waals surface area contributed by atoms with E-state index in [9.17, 15) is 13.2 Å². The lowest BCUT2D eigenvalue weighted by Crippen LogP contribution is -2.40. The molecule has 0 spiro atoms. The summed E-state index contributed by atoms with van der Waals surface area (Å²) < 4.78 is 30.7. The van der Waals surface area contributed by atoms with Crippen LogP contribution in [0.1, 0.15) is 30.9 Å². The molecule has 0 aromatic heterocycles. The van der Waals surface area contributed by atoms with Crippen LogP contribution in [0.4, 0.5) is 0 Å². The van der Waals surface area contributed by atoms with Gasteiger partial charge in [0.25, 0.3) is 10.1 Å². The Kier molecular flexibility index (Phi) is 4.32. The number of hydrogen-bond acceptors (Lipinski definition) is 4. The average molecular weight is 344 g/mol. The molecule has 0 amide bonds. The van der Waals surface area contributed by atoms with Crippen molar-refractivity contribution in [3.63, 3.8) is 0 Å². The maximum Gasteiger partial charge on any atom is 0.297 e. The van der Waals surface area contributed by atoms with Crippen LogP contribution >= 0.6 is 0 Å². The molecule has 0 heterocycles. The monoisotopic (exact) mass is 344 g/mol. The SMILES string of the molecule is Cc1ccc(S(=O)(=O)O[C@H]2CCC(=O)[C@@]2(C)c2ccccc2)cc1. The number of carbonyl (C=O) groups is 1. The van der Waals surface area contributed by atoms with Gasteiger partial charge in [-0.25, -0.2) is 0 Å². The predicted molar refractivity (Wildman–Crippen MR) is 91.3 cm³/mol. The van der Waals surface area contributed by atoms with Crippen molar-refractivity contribution in [2.45, 2.75) is 43.1 Å². The molecule has 1 aliphatic carbocycles. The maximum absolute atomic E-state index is 12.6. The van der Waals surface area contributed by atoms with Gasteiger partial charge in [0.1, 0.15) is 5.78 Å². The van der Waals surface area contributed by atoms with Crippen LogP contribution in [0.25, 0.3) is 0 Å². The number of ketones is 1. The van der Waals surface area contributed by atoms with Crippen molar-refractivity contribution in [1.82, 2.24) is 0 Å². The van der Waals surface area contributed by atoms with Crippen LogP contribution in [-0.2, 0) is 24.5 Å². The zero-order chi connectivity index (χ0) is 17.4. The van der Waals surface area contributed by atoms with Crippen molar-refractivity contribution in [1.29, 1.82) is 0 Å². The van der Waals surface area contributed by atoms with Crippen molar-refractivity contribution in [2.75, 3.05) is 0 Å². The molecule has 3 rings (SSSR count). The molecular formula is C19H20O4S. The van der Waals surface area contributed by atoms with Crippen molar-refractivity contribution < 1.29 is 17.4 Å². The van der Waals surface area contributed by atoms with Crippen molar-refractivity contribution in [3.05, 3.63) is 65.7 Å². The summed E-state index contributed by atoms with van der Waals surface area (Å²) in [4.78, 5) is 12.6. The Morgan fingerprint density at radius 1 is 1.04 bits per heavy atom. The first-order valence-electron chi connectivity index (χ1n) is 7.93. The summed E-state index contributed by atoms with van der Waals surface area (Å²) in [5, 5.41) is 0. The first kappa shape index (κ1) is 16.9. The Bertz CT molecular complexity index is 841. The van der Waals surface area contributed by atoms with Crippen molar-refractivity contribution in [2.24, 2.45) is 0 Å². The minimum absolute atomic E-state index is 0.0119. The van der Waals surface area contributed by atoms with Gasteiger partial charge in [0.05, 0.1) is 16.4 Å². The van der Waals surface area contributed by atoms with E-state index >= 15 is 0 Å². The maximum atomic E-state index is 12.6. The fraction of sp³-hybridized carbons (Fsp3) is 0.316. The first-order valence-corrected chi connectivity index (χ1v) is 9.33. The minimum atomic E-state index is -3.92. The number of Topliss-reactive ketones (excluding diaryl/α,β-unsaturated/α-hetero) is 1. The van der Waals surface area contributed by atoms with Gasteiger partial charge < -0.3 is 0 Å². The molecule has 1 aliphatic rings. The second-order valence-corrected chi connectivity index (χ2v) is 7.95. The van der Waals surface area contributed by atoms with Gasteiger partial charge in [0.2, 0.25) is 0 Å². The molecule has 2 atom stereocenters. The van der Waals surface area contributed by atoms with Gasteiger partial charge in [-0.05, 0) is 38.0 Å². The van der Waals surface area contributed by atoms with Gasteiger partial charge in [-0.2, -0.15) is 8.42 Å². The van der Waals surface area contributed by atoms with Gasteiger partial charge >= 0.3 is 0 Å². The number of carbonyl (C=O) groups excluding carboxylic acids is 1. The fourth-order valence-corrected chi connectivity index (χ4v) is 4.35. The normalized spacial score (nSPS) is 24.2. The fourth-order valence-electron chi connectivity index (χ4n) is 3.18. The molecule has 1 fully saturated rings. The van der Waals surface area contributed by atoms with E-state index in [0.717, 1.165) is 11.1 Å². The second kappa shape index (κ2) is 6.15. The Morgan fingerprint density at radius 2 is 1.67 bits per heavy atom. The number of rotatable bonds is 4. The van der Waals surface area contributed by atoms with E-state index in [4.69, 9.17) is 4.18 Å². The lowest BCUT2D eigenvalue weighted by Gasteiger charge is -2.30. The molecule has 2 aromatic carbocycles. The molecular weight excluding hydrogens is 324 g/mol. The highest BCUT2D eigenvalue weighted by Gasteiger charge is 2.50. The summed E-state index contributed by atoms with van der Waals surface area (Å²) in [6.45, 7) is 3.66. The number of benzene rings is 2. The summed E-state index contributed by atoms with van der Waals surface area (Å²) >= 11 is 0. The lowest BCUT2D eigenvalue weighted by molar-refractivity contribution is -0.123. The smallest absolute Gasteiger partial charge is 0.297 e. The molecule has 0 N–H and O–H groups in total. The van der Waals surface area contributed by atoms with Gasteiger partial charge in [0.15, 0.2) is 0 Å². The largest absolute Gasteiger partial charge is 0.299 e. The van der Waals surface area contributed by atoms with Gasteiger partial charge in [-0.1, -0.05) is 48.0 Å². The molecule has 0 radical (unpaired) electrons. The molecule has 0 unspecified atom stereocenters. The van der Waals surface area contributed by atoms with Crippen molar-refractivity contribution in [3.8, 4) is 0 Å². The Hall–Kier alpha value is -1.98. The first-order chi connectivity index (χ1) is 11.3. The van der Waals surface area contributed by atoms with Gasteiger partial charge in [0, 0.05) is 6.42 Å². The van der Waals surface area contributed by atoms with Gasteiger partial charge in [-0.3, -0.25) is 8.98 Å². The van der Waals surface area contributed by atoms with Gasteiger partial charge in [-0.15, -0.1) is 0 Å². The van der Waals surface area contributed by atoms with Crippen molar-refractivity contribution >= 4 is 15.9 Å². The lowest BCUT2D eigenvalue weighted by atomic mass is 9.78. The second-order valence-electron chi connectivity index (χ2n) is 6.38. The summed E-state index contributed by atoms with van der Waals surface area (Å²) in [5.41, 5.74) is 0.815. The molecule has 0 aliphatic heterocycles. The van der Waals surface area contributed by atoms with E-state index in [1.54, 1.807) is 19.1 Å². The van der Waals surface area contributed by atoms with E-state index in [-0.39, 0.29) is 10.7 Å². The molecule has 24 heavy (non-hydrogen) atoms. The van der Waals surface area contributed by atoms with E-state index in [1.807, 2.05) is 37.3 Å². The van der Waals surface area contributed by atoms with Crippen LogP contribution in [0.15, 0.2) is 59.5 Å². The minimum Gasteiger partial charge on any atom is -0.299 e. The molecule has 126 valence electrons. The standard InChI is InChI=1S/C19H20O4S/c1-14-8-10-16(11-9-14)24(21,22)23-18-13-12-17(20)19(18,2)15-6-4-3-5-7-15/h3-11,18H,12-13H2,1-2H3/t18-,19+/m0/s1. The summed E-state index contributed by atoms with van der Waals surface area (Å²) in [7, 11) is -3.92. The molecule has 2 aromatic rings. The molecule has 0 bridgehead atoms. The van der Waals surface area contributed by atoms with Crippen LogP contribution in [0.2, 0.25) is 0 Å². The molecule has 1 saturated carbocycles. The molecule has 5 heteroatoms. The summed E-state index contributed by atoms with van der Waals surface area (Å²) in [6, 6.07) is 15.8. The Labute approximate surface area is 142 Å². The zero-order valence-corrected chi connectivity index (χ0v) is 14.5.